The lowest BCUT2D eigenvalue weighted by Gasteiger charge is -2.25. The first-order valence-corrected chi connectivity index (χ1v) is 13.1. The second-order valence-electron chi connectivity index (χ2n) is 9.26. The fraction of sp³-hybridized carbons (Fsp3) is 0.233. The van der Waals surface area contributed by atoms with Crippen molar-refractivity contribution in [2.45, 2.75) is 18.9 Å². The molecule has 1 aliphatic rings. The summed E-state index contributed by atoms with van der Waals surface area (Å²) < 4.78 is 12.9. The topological polar surface area (TPSA) is 85.7 Å². The molecule has 0 saturated carbocycles. The SMILES string of the molecule is COc1cccc(-n2cc(-c3ccc(Cl)cc3)nc2NC(=O)CN(CC2CCCO2)C(=O)c2ccccc2)c1. The number of rotatable bonds is 9. The van der Waals surface area contributed by atoms with Gasteiger partial charge in [0.05, 0.1) is 24.6 Å². The van der Waals surface area contributed by atoms with Crippen LogP contribution in [0.1, 0.15) is 23.2 Å². The van der Waals surface area contributed by atoms with E-state index in [2.05, 4.69) is 5.32 Å². The molecule has 0 spiro atoms. The van der Waals surface area contributed by atoms with E-state index in [4.69, 9.17) is 26.1 Å². The van der Waals surface area contributed by atoms with Gasteiger partial charge < -0.3 is 14.4 Å². The third kappa shape index (κ3) is 6.47. The average Bonchev–Trinajstić information content (AvgIpc) is 3.63. The first kappa shape index (κ1) is 26.5. The number of ether oxygens (including phenoxy) is 2. The van der Waals surface area contributed by atoms with Crippen molar-refractivity contribution in [3.8, 4) is 22.7 Å². The highest BCUT2D eigenvalue weighted by Gasteiger charge is 2.26. The number of nitrogens with one attached hydrogen (secondary N) is 1. The van der Waals surface area contributed by atoms with Crippen molar-refractivity contribution < 1.29 is 19.1 Å². The second kappa shape index (κ2) is 12.1. The summed E-state index contributed by atoms with van der Waals surface area (Å²) in [6.45, 7) is 0.853. The number of aromatic nitrogens is 2. The lowest BCUT2D eigenvalue weighted by Crippen LogP contribution is -2.42. The molecular formula is C30H29ClN4O4. The number of nitrogens with zero attached hydrogens (tertiary/aromatic N) is 3. The number of methoxy groups -OCH3 is 1. The van der Waals surface area contributed by atoms with Gasteiger partial charge in [-0.1, -0.05) is 48.0 Å². The van der Waals surface area contributed by atoms with Gasteiger partial charge in [0.2, 0.25) is 11.9 Å². The number of hydrogen-bond acceptors (Lipinski definition) is 5. The molecule has 5 rings (SSSR count). The molecule has 1 saturated heterocycles. The molecule has 1 aliphatic heterocycles. The average molecular weight is 545 g/mol. The molecule has 1 unspecified atom stereocenters. The quantitative estimate of drug-likeness (QED) is 0.302. The highest BCUT2D eigenvalue weighted by atomic mass is 35.5. The maximum atomic E-state index is 13.4. The van der Waals surface area contributed by atoms with E-state index < -0.39 is 0 Å². The number of hydrogen-bond donors (Lipinski definition) is 1. The smallest absolute Gasteiger partial charge is 0.254 e. The highest BCUT2D eigenvalue weighted by Crippen LogP contribution is 2.27. The van der Waals surface area contributed by atoms with Gasteiger partial charge in [-0.3, -0.25) is 19.5 Å². The number of amides is 2. The third-order valence-corrected chi connectivity index (χ3v) is 6.77. The summed E-state index contributed by atoms with van der Waals surface area (Å²) in [5, 5.41) is 3.54. The van der Waals surface area contributed by atoms with Crippen molar-refractivity contribution in [3.05, 3.63) is 95.6 Å². The van der Waals surface area contributed by atoms with E-state index in [0.717, 1.165) is 24.1 Å². The van der Waals surface area contributed by atoms with Gasteiger partial charge in [-0.05, 0) is 49.2 Å². The minimum atomic E-state index is -0.366. The predicted molar refractivity (Wildman–Crippen MR) is 151 cm³/mol. The minimum Gasteiger partial charge on any atom is -0.497 e. The van der Waals surface area contributed by atoms with Crippen LogP contribution in [0.4, 0.5) is 5.95 Å². The van der Waals surface area contributed by atoms with Crippen LogP contribution in [-0.4, -0.2) is 59.2 Å². The number of carbonyl (C=O) groups excluding carboxylic acids is 2. The van der Waals surface area contributed by atoms with Crippen molar-refractivity contribution in [2.24, 2.45) is 0 Å². The molecule has 39 heavy (non-hydrogen) atoms. The molecule has 2 heterocycles. The van der Waals surface area contributed by atoms with E-state index in [9.17, 15) is 9.59 Å². The van der Waals surface area contributed by atoms with E-state index >= 15 is 0 Å². The van der Waals surface area contributed by atoms with E-state index in [-0.39, 0.29) is 24.5 Å². The zero-order valence-corrected chi connectivity index (χ0v) is 22.3. The molecule has 3 aromatic carbocycles. The summed E-state index contributed by atoms with van der Waals surface area (Å²) in [5.41, 5.74) is 2.78. The van der Waals surface area contributed by atoms with E-state index in [0.29, 0.717) is 41.1 Å². The normalized spacial score (nSPS) is 14.7. The third-order valence-electron chi connectivity index (χ3n) is 6.52. The zero-order chi connectivity index (χ0) is 27.2. The first-order chi connectivity index (χ1) is 19.0. The van der Waals surface area contributed by atoms with E-state index in [1.807, 2.05) is 48.7 Å². The standard InChI is InChI=1S/C30H29ClN4O4/c1-38-25-10-5-9-24(17-25)35-19-27(21-12-14-23(31)15-13-21)32-30(35)33-28(36)20-34(18-26-11-6-16-39-26)29(37)22-7-3-2-4-8-22/h2-5,7-10,12-15,17,19,26H,6,11,16,18,20H2,1H3,(H,32,33,36). The van der Waals surface area contributed by atoms with E-state index in [1.54, 1.807) is 53.0 Å². The predicted octanol–water partition coefficient (Wildman–Crippen LogP) is 5.46. The number of halogens is 1. The monoisotopic (exact) mass is 544 g/mol. The van der Waals surface area contributed by atoms with Gasteiger partial charge >= 0.3 is 0 Å². The van der Waals surface area contributed by atoms with Crippen LogP contribution in [0.25, 0.3) is 16.9 Å². The lowest BCUT2D eigenvalue weighted by molar-refractivity contribution is -0.117. The van der Waals surface area contributed by atoms with Gasteiger partial charge in [0, 0.05) is 41.6 Å². The zero-order valence-electron chi connectivity index (χ0n) is 21.5. The summed E-state index contributed by atoms with van der Waals surface area (Å²) >= 11 is 6.08. The van der Waals surface area contributed by atoms with Crippen LogP contribution in [0.5, 0.6) is 5.75 Å². The number of carbonyl (C=O) groups is 2. The maximum Gasteiger partial charge on any atom is 0.254 e. The summed E-state index contributed by atoms with van der Waals surface area (Å²) in [4.78, 5) is 33.0. The molecule has 200 valence electrons. The van der Waals surface area contributed by atoms with Crippen LogP contribution in [0, 0.1) is 0 Å². The van der Waals surface area contributed by atoms with Crippen molar-refractivity contribution in [2.75, 3.05) is 32.1 Å². The fourth-order valence-corrected chi connectivity index (χ4v) is 4.67. The fourth-order valence-electron chi connectivity index (χ4n) is 4.54. The minimum absolute atomic E-state index is 0.0965. The van der Waals surface area contributed by atoms with Crippen molar-refractivity contribution in [1.82, 2.24) is 14.5 Å². The van der Waals surface area contributed by atoms with Crippen LogP contribution in [0.15, 0.2) is 85.1 Å². The Morgan fingerprint density at radius 1 is 1.10 bits per heavy atom. The Kier molecular flexibility index (Phi) is 8.24. The highest BCUT2D eigenvalue weighted by molar-refractivity contribution is 6.30. The molecule has 1 N–H and O–H groups in total. The van der Waals surface area contributed by atoms with Gasteiger partial charge in [-0.2, -0.15) is 0 Å². The largest absolute Gasteiger partial charge is 0.497 e. The van der Waals surface area contributed by atoms with Crippen LogP contribution < -0.4 is 10.1 Å². The molecule has 1 fully saturated rings. The Morgan fingerprint density at radius 3 is 2.62 bits per heavy atom. The molecule has 8 nitrogen and oxygen atoms in total. The van der Waals surface area contributed by atoms with Crippen LogP contribution in [0.2, 0.25) is 5.02 Å². The lowest BCUT2D eigenvalue weighted by atomic mass is 10.1. The molecule has 1 atom stereocenters. The molecule has 0 radical (unpaired) electrons. The Balaban J connectivity index is 1.42. The molecule has 1 aromatic heterocycles. The van der Waals surface area contributed by atoms with Crippen molar-refractivity contribution in [1.29, 1.82) is 0 Å². The van der Waals surface area contributed by atoms with Gasteiger partial charge in [0.1, 0.15) is 12.3 Å². The number of benzene rings is 3. The molecule has 4 aromatic rings. The maximum absolute atomic E-state index is 13.4. The van der Waals surface area contributed by atoms with Gasteiger partial charge in [-0.25, -0.2) is 4.98 Å². The number of anilines is 1. The Bertz CT molecular complexity index is 1430. The Labute approximate surface area is 232 Å². The number of imidazole rings is 1. The molecule has 0 aliphatic carbocycles. The van der Waals surface area contributed by atoms with Crippen LogP contribution >= 0.6 is 11.6 Å². The summed E-state index contributed by atoms with van der Waals surface area (Å²) in [6, 6.07) is 23.7. The second-order valence-corrected chi connectivity index (χ2v) is 9.70. The summed E-state index contributed by atoms with van der Waals surface area (Å²) in [7, 11) is 1.60. The molecule has 0 bridgehead atoms. The van der Waals surface area contributed by atoms with Crippen LogP contribution in [-0.2, 0) is 9.53 Å². The molecular weight excluding hydrogens is 516 g/mol. The summed E-state index contributed by atoms with van der Waals surface area (Å²) in [6.07, 6.45) is 3.54. The Hall–Kier alpha value is -4.14. The van der Waals surface area contributed by atoms with Gasteiger partial charge in [0.25, 0.3) is 5.91 Å². The summed E-state index contributed by atoms with van der Waals surface area (Å²) in [5.74, 6) is 0.402. The van der Waals surface area contributed by atoms with Crippen molar-refractivity contribution >= 4 is 29.4 Å². The molecule has 2 amide bonds. The van der Waals surface area contributed by atoms with Gasteiger partial charge in [0.15, 0.2) is 0 Å². The first-order valence-electron chi connectivity index (χ1n) is 12.8. The van der Waals surface area contributed by atoms with E-state index in [1.165, 1.54) is 0 Å². The molecule has 9 heteroatoms. The van der Waals surface area contributed by atoms with Crippen LogP contribution in [0.3, 0.4) is 0 Å². The van der Waals surface area contributed by atoms with Crippen molar-refractivity contribution in [3.63, 3.8) is 0 Å². The van der Waals surface area contributed by atoms with Gasteiger partial charge in [-0.15, -0.1) is 0 Å². The Morgan fingerprint density at radius 2 is 1.90 bits per heavy atom.